The first-order valence-electron chi connectivity index (χ1n) is 10.2. The van der Waals surface area contributed by atoms with Gasteiger partial charge in [-0.25, -0.2) is 0 Å². The Morgan fingerprint density at radius 1 is 0.724 bits per heavy atom. The number of allylic oxidation sites excluding steroid dienone is 1. The number of hydrogen-bond donors (Lipinski definition) is 0. The van der Waals surface area contributed by atoms with Crippen LogP contribution in [0.4, 0.5) is 0 Å². The summed E-state index contributed by atoms with van der Waals surface area (Å²) in [5.41, 5.74) is 6.93. The molecule has 0 saturated carbocycles. The van der Waals surface area contributed by atoms with Crippen molar-refractivity contribution in [3.8, 4) is 0 Å². The minimum absolute atomic E-state index is 0.408. The third kappa shape index (κ3) is 1.97. The Hall–Kier alpha value is -2.74. The molecular weight excluding hydrogens is 419 g/mol. The van der Waals surface area contributed by atoms with Gasteiger partial charge in [-0.1, -0.05) is 0 Å². The molecule has 2 nitrogen and oxygen atoms in total. The SMILES string of the molecule is Cn1c2c(c3cc4c5cc6c(cc5n(C)c4cc31)[se]c1ccccc16)C=CCC2. The fraction of sp³-hybridized carbons (Fsp3) is 0.154. The van der Waals surface area contributed by atoms with Crippen molar-refractivity contribution < 1.29 is 0 Å². The fourth-order valence-electron chi connectivity index (χ4n) is 5.34. The van der Waals surface area contributed by atoms with Gasteiger partial charge in [0.15, 0.2) is 0 Å². The Kier molecular flexibility index (Phi) is 3.02. The molecular formula is C26H20N2Se. The van der Waals surface area contributed by atoms with Gasteiger partial charge in [-0.2, -0.15) is 0 Å². The van der Waals surface area contributed by atoms with E-state index >= 15 is 0 Å². The number of aryl methyl sites for hydroxylation is 2. The summed E-state index contributed by atoms with van der Waals surface area (Å²) in [6, 6.07) is 18.7. The summed E-state index contributed by atoms with van der Waals surface area (Å²) in [6.07, 6.45) is 6.93. The average molecular weight is 439 g/mol. The van der Waals surface area contributed by atoms with Crippen LogP contribution in [0.1, 0.15) is 17.7 Å². The quantitative estimate of drug-likeness (QED) is 0.252. The molecule has 3 aromatic heterocycles. The van der Waals surface area contributed by atoms with Crippen molar-refractivity contribution in [2.75, 3.05) is 0 Å². The van der Waals surface area contributed by atoms with Gasteiger partial charge in [0.25, 0.3) is 0 Å². The van der Waals surface area contributed by atoms with E-state index in [0.29, 0.717) is 14.5 Å². The van der Waals surface area contributed by atoms with Crippen molar-refractivity contribution in [2.45, 2.75) is 12.8 Å². The summed E-state index contributed by atoms with van der Waals surface area (Å²) >= 11 is 0.408. The first-order chi connectivity index (χ1) is 14.2. The van der Waals surface area contributed by atoms with Crippen LogP contribution in [0, 0.1) is 0 Å². The van der Waals surface area contributed by atoms with Crippen LogP contribution in [-0.4, -0.2) is 23.6 Å². The molecule has 0 bridgehead atoms. The van der Waals surface area contributed by atoms with Crippen molar-refractivity contribution in [1.29, 1.82) is 0 Å². The third-order valence-electron chi connectivity index (χ3n) is 6.82. The summed E-state index contributed by atoms with van der Waals surface area (Å²) in [5.74, 6) is 0. The zero-order valence-corrected chi connectivity index (χ0v) is 18.2. The van der Waals surface area contributed by atoms with Crippen LogP contribution in [0.3, 0.4) is 0 Å². The molecule has 0 spiro atoms. The van der Waals surface area contributed by atoms with Gasteiger partial charge in [-0.05, 0) is 0 Å². The standard InChI is InChI=1S/C26H20N2Se/c1-27-21-9-5-3-7-15(21)17-11-18-19-12-20-16-8-4-6-10-25(16)29-26(20)14-24(19)28(2)23(18)13-22(17)27/h3-4,6-8,10-14H,5,9H2,1-2H3. The maximum atomic E-state index is 2.46. The summed E-state index contributed by atoms with van der Waals surface area (Å²) < 4.78 is 7.83. The Labute approximate surface area is 174 Å². The molecule has 6 aromatic rings. The van der Waals surface area contributed by atoms with E-state index in [9.17, 15) is 0 Å². The predicted octanol–water partition coefficient (Wildman–Crippen LogP) is 6.15. The molecule has 0 amide bonds. The van der Waals surface area contributed by atoms with Crippen LogP contribution in [-0.2, 0) is 20.5 Å². The Morgan fingerprint density at radius 3 is 2.38 bits per heavy atom. The fourth-order valence-corrected chi connectivity index (χ4v) is 7.69. The van der Waals surface area contributed by atoms with Gasteiger partial charge < -0.3 is 0 Å². The van der Waals surface area contributed by atoms with Crippen LogP contribution in [0.25, 0.3) is 58.1 Å². The van der Waals surface area contributed by atoms with Gasteiger partial charge in [-0.3, -0.25) is 0 Å². The van der Waals surface area contributed by atoms with Crippen LogP contribution >= 0.6 is 0 Å². The molecule has 3 aromatic carbocycles. The number of nitrogens with zero attached hydrogens (tertiary/aromatic N) is 2. The molecule has 3 heterocycles. The van der Waals surface area contributed by atoms with Crippen molar-refractivity contribution in [1.82, 2.24) is 9.13 Å². The normalized spacial score (nSPS) is 14.1. The van der Waals surface area contributed by atoms with E-state index in [0.717, 1.165) is 12.8 Å². The second-order valence-corrected chi connectivity index (χ2v) is 10.5. The number of rotatable bonds is 0. The maximum absolute atomic E-state index is 2.46. The van der Waals surface area contributed by atoms with Gasteiger partial charge in [0.05, 0.1) is 0 Å². The van der Waals surface area contributed by atoms with Crippen molar-refractivity contribution >= 4 is 72.6 Å². The van der Waals surface area contributed by atoms with E-state index in [4.69, 9.17) is 0 Å². The summed E-state index contributed by atoms with van der Waals surface area (Å²) in [5, 5.41) is 7.02. The van der Waals surface area contributed by atoms with E-state index in [-0.39, 0.29) is 0 Å². The van der Waals surface area contributed by atoms with Crippen molar-refractivity contribution in [3.05, 3.63) is 65.9 Å². The molecule has 3 heteroatoms. The summed E-state index contributed by atoms with van der Waals surface area (Å²) in [4.78, 5) is 0. The van der Waals surface area contributed by atoms with E-state index in [1.165, 1.54) is 63.3 Å². The topological polar surface area (TPSA) is 9.86 Å². The number of benzene rings is 3. The predicted molar refractivity (Wildman–Crippen MR) is 126 cm³/mol. The number of hydrogen-bond acceptors (Lipinski definition) is 0. The molecule has 0 saturated heterocycles. The number of aromatic nitrogens is 2. The van der Waals surface area contributed by atoms with Crippen LogP contribution in [0.2, 0.25) is 0 Å². The van der Waals surface area contributed by atoms with Crippen LogP contribution in [0.5, 0.6) is 0 Å². The van der Waals surface area contributed by atoms with Gasteiger partial charge in [-0.15, -0.1) is 0 Å². The Morgan fingerprint density at radius 2 is 1.48 bits per heavy atom. The average Bonchev–Trinajstić information content (AvgIpc) is 3.35. The molecule has 1 aliphatic carbocycles. The molecule has 7 rings (SSSR count). The first-order valence-corrected chi connectivity index (χ1v) is 11.9. The van der Waals surface area contributed by atoms with Crippen molar-refractivity contribution in [3.63, 3.8) is 0 Å². The van der Waals surface area contributed by atoms with E-state index in [1.54, 1.807) is 0 Å². The second kappa shape index (κ2) is 5.44. The van der Waals surface area contributed by atoms with Crippen LogP contribution < -0.4 is 0 Å². The Bertz CT molecular complexity index is 1670. The van der Waals surface area contributed by atoms with Crippen molar-refractivity contribution in [2.24, 2.45) is 14.1 Å². The molecule has 0 N–H and O–H groups in total. The number of fused-ring (bicyclic) bond motifs is 9. The monoisotopic (exact) mass is 440 g/mol. The molecule has 140 valence electrons. The Balaban J connectivity index is 1.67. The second-order valence-electron chi connectivity index (χ2n) is 8.27. The molecule has 1 aliphatic rings. The first kappa shape index (κ1) is 16.1. The molecule has 0 fully saturated rings. The summed E-state index contributed by atoms with van der Waals surface area (Å²) in [6.45, 7) is 0. The van der Waals surface area contributed by atoms with E-state index < -0.39 is 0 Å². The van der Waals surface area contributed by atoms with E-state index in [1.807, 2.05) is 0 Å². The minimum atomic E-state index is 0.408. The van der Waals surface area contributed by atoms with Gasteiger partial charge in [0.1, 0.15) is 0 Å². The van der Waals surface area contributed by atoms with Crippen LogP contribution in [0.15, 0.2) is 54.6 Å². The summed E-state index contributed by atoms with van der Waals surface area (Å²) in [7, 11) is 4.45. The molecule has 0 atom stereocenters. The molecule has 29 heavy (non-hydrogen) atoms. The van der Waals surface area contributed by atoms with E-state index in [2.05, 4.69) is 83.9 Å². The molecule has 0 unspecified atom stereocenters. The third-order valence-corrected chi connectivity index (χ3v) is 9.20. The molecule has 0 aliphatic heterocycles. The zero-order chi connectivity index (χ0) is 19.3. The molecule has 0 radical (unpaired) electrons. The van der Waals surface area contributed by atoms with Gasteiger partial charge in [0.2, 0.25) is 0 Å². The zero-order valence-electron chi connectivity index (χ0n) is 16.5. The van der Waals surface area contributed by atoms with Gasteiger partial charge >= 0.3 is 175 Å². The van der Waals surface area contributed by atoms with Gasteiger partial charge in [0, 0.05) is 0 Å².